The predicted octanol–water partition coefficient (Wildman–Crippen LogP) is 3.49. The van der Waals surface area contributed by atoms with Gasteiger partial charge in [0, 0.05) is 16.5 Å². The number of hydrogen-bond donors (Lipinski definition) is 0. The summed E-state index contributed by atoms with van der Waals surface area (Å²) >= 11 is 3.27. The van der Waals surface area contributed by atoms with Gasteiger partial charge >= 0.3 is 0 Å². The molecule has 1 aromatic rings. The molecule has 1 aliphatic rings. The molecule has 0 saturated carbocycles. The molecule has 0 fully saturated rings. The molecule has 12 heavy (non-hydrogen) atoms. The van der Waals surface area contributed by atoms with E-state index in [0.29, 0.717) is 6.42 Å². The number of fused-ring (bicyclic) bond motifs is 1. The van der Waals surface area contributed by atoms with Crippen molar-refractivity contribution in [2.45, 2.75) is 18.8 Å². The molecule has 0 nitrogen and oxygen atoms in total. The van der Waals surface area contributed by atoms with Crippen LogP contribution < -0.4 is 0 Å². The minimum absolute atomic E-state index is 0.0506. The second-order valence-corrected chi connectivity index (χ2v) is 3.82. The monoisotopic (exact) mass is 232 g/mol. The first-order valence-electron chi connectivity index (χ1n) is 3.77. The van der Waals surface area contributed by atoms with Gasteiger partial charge in [0.05, 0.1) is 0 Å². The summed E-state index contributed by atoms with van der Waals surface area (Å²) < 4.78 is 27.0. The minimum Gasteiger partial charge on any atom is -0.201 e. The molecule has 0 spiro atoms. The van der Waals surface area contributed by atoms with E-state index in [2.05, 4.69) is 15.9 Å². The summed E-state index contributed by atoms with van der Waals surface area (Å²) in [5, 5.41) is 0. The second kappa shape index (κ2) is 2.52. The number of hydrogen-bond acceptors (Lipinski definition) is 0. The molecule has 0 atom stereocenters. The lowest BCUT2D eigenvalue weighted by atomic mass is 10.1. The molecule has 64 valence electrons. The smallest absolute Gasteiger partial charge is 0.201 e. The molecule has 0 radical (unpaired) electrons. The highest BCUT2D eigenvalue weighted by atomic mass is 79.9. The SMILES string of the molecule is FC1(F)CCc2c(Br)cccc21. The first-order valence-corrected chi connectivity index (χ1v) is 4.56. The van der Waals surface area contributed by atoms with Crippen molar-refractivity contribution in [3.05, 3.63) is 33.8 Å². The van der Waals surface area contributed by atoms with Crippen LogP contribution in [-0.4, -0.2) is 0 Å². The van der Waals surface area contributed by atoms with Crippen LogP contribution >= 0.6 is 15.9 Å². The van der Waals surface area contributed by atoms with Gasteiger partial charge in [-0.15, -0.1) is 0 Å². The topological polar surface area (TPSA) is 0 Å². The van der Waals surface area contributed by atoms with Gasteiger partial charge in [0.15, 0.2) is 0 Å². The summed E-state index contributed by atoms with van der Waals surface area (Å²) in [6.45, 7) is 0. The lowest BCUT2D eigenvalue weighted by Gasteiger charge is -2.09. The zero-order valence-corrected chi connectivity index (χ0v) is 7.87. The Hall–Kier alpha value is -0.440. The highest BCUT2D eigenvalue weighted by Gasteiger charge is 2.39. The summed E-state index contributed by atoms with van der Waals surface area (Å²) in [7, 11) is 0. The van der Waals surface area contributed by atoms with Crippen molar-refractivity contribution in [1.82, 2.24) is 0 Å². The molecule has 0 heterocycles. The third-order valence-electron chi connectivity index (χ3n) is 2.20. The van der Waals surface area contributed by atoms with Crippen LogP contribution in [0.15, 0.2) is 22.7 Å². The first kappa shape index (κ1) is 8.17. The van der Waals surface area contributed by atoms with Gasteiger partial charge in [-0.1, -0.05) is 28.1 Å². The van der Waals surface area contributed by atoms with Gasteiger partial charge in [-0.05, 0) is 18.1 Å². The summed E-state index contributed by atoms with van der Waals surface area (Å²) in [6.07, 6.45) is 0.425. The molecule has 0 unspecified atom stereocenters. The zero-order chi connectivity index (χ0) is 8.77. The number of halogens is 3. The van der Waals surface area contributed by atoms with E-state index in [0.717, 1.165) is 10.0 Å². The third-order valence-corrected chi connectivity index (χ3v) is 2.94. The van der Waals surface area contributed by atoms with Gasteiger partial charge in [-0.2, -0.15) is 0 Å². The van der Waals surface area contributed by atoms with Crippen LogP contribution in [0.3, 0.4) is 0 Å². The molecule has 3 heteroatoms. The molecule has 0 aliphatic heterocycles. The van der Waals surface area contributed by atoms with Crippen LogP contribution in [0.2, 0.25) is 0 Å². The first-order chi connectivity index (χ1) is 5.61. The molecule has 1 aromatic carbocycles. The lowest BCUT2D eigenvalue weighted by Crippen LogP contribution is -2.06. The maximum absolute atomic E-state index is 13.1. The molecule has 0 N–H and O–H groups in total. The van der Waals surface area contributed by atoms with Crippen molar-refractivity contribution < 1.29 is 8.78 Å². The molecular weight excluding hydrogens is 226 g/mol. The van der Waals surface area contributed by atoms with E-state index in [9.17, 15) is 8.78 Å². The van der Waals surface area contributed by atoms with Crippen molar-refractivity contribution in [2.75, 3.05) is 0 Å². The Labute approximate surface area is 77.7 Å². The van der Waals surface area contributed by atoms with Crippen LogP contribution in [0.25, 0.3) is 0 Å². The van der Waals surface area contributed by atoms with Crippen LogP contribution in [0.1, 0.15) is 17.5 Å². The normalized spacial score (nSPS) is 19.2. The van der Waals surface area contributed by atoms with Gasteiger partial charge in [0.1, 0.15) is 0 Å². The average molecular weight is 233 g/mol. The Morgan fingerprint density at radius 2 is 2.08 bits per heavy atom. The lowest BCUT2D eigenvalue weighted by molar-refractivity contribution is -0.00184. The van der Waals surface area contributed by atoms with Crippen LogP contribution in [-0.2, 0) is 12.3 Å². The standard InChI is InChI=1S/C9H7BrF2/c10-8-3-1-2-7-6(8)4-5-9(7,11)12/h1-3H,4-5H2. The van der Waals surface area contributed by atoms with Crippen molar-refractivity contribution in [2.24, 2.45) is 0 Å². The Balaban J connectivity index is 2.61. The number of alkyl halides is 2. The minimum atomic E-state index is -2.61. The van der Waals surface area contributed by atoms with Gasteiger partial charge in [0.2, 0.25) is 0 Å². The van der Waals surface area contributed by atoms with E-state index < -0.39 is 5.92 Å². The molecule has 0 amide bonds. The summed E-state index contributed by atoms with van der Waals surface area (Å²) in [6, 6.07) is 4.97. The highest BCUT2D eigenvalue weighted by molar-refractivity contribution is 9.10. The van der Waals surface area contributed by atoms with E-state index in [1.165, 1.54) is 6.07 Å². The molecule has 0 saturated heterocycles. The van der Waals surface area contributed by atoms with E-state index in [1.807, 2.05) is 0 Å². The highest BCUT2D eigenvalue weighted by Crippen LogP contribution is 2.43. The fourth-order valence-corrected chi connectivity index (χ4v) is 2.14. The maximum atomic E-state index is 13.1. The fourth-order valence-electron chi connectivity index (χ4n) is 1.57. The summed E-state index contributed by atoms with van der Waals surface area (Å²) in [5.74, 6) is -2.61. The Kier molecular flexibility index (Phi) is 1.72. The fraction of sp³-hybridized carbons (Fsp3) is 0.333. The van der Waals surface area contributed by atoms with Gasteiger partial charge in [-0.3, -0.25) is 0 Å². The summed E-state index contributed by atoms with van der Waals surface area (Å²) in [4.78, 5) is 0. The molecular formula is C9H7BrF2. The predicted molar refractivity (Wildman–Crippen MR) is 46.4 cm³/mol. The van der Waals surface area contributed by atoms with E-state index in [-0.39, 0.29) is 12.0 Å². The Morgan fingerprint density at radius 1 is 1.33 bits per heavy atom. The third kappa shape index (κ3) is 1.07. The Bertz CT molecular complexity index is 320. The second-order valence-electron chi connectivity index (χ2n) is 2.97. The molecule has 0 bridgehead atoms. The maximum Gasteiger partial charge on any atom is 0.273 e. The largest absolute Gasteiger partial charge is 0.273 e. The van der Waals surface area contributed by atoms with Crippen LogP contribution in [0, 0.1) is 0 Å². The van der Waals surface area contributed by atoms with Gasteiger partial charge in [-0.25, -0.2) is 8.78 Å². The van der Waals surface area contributed by atoms with E-state index in [4.69, 9.17) is 0 Å². The number of rotatable bonds is 0. The van der Waals surface area contributed by atoms with E-state index in [1.54, 1.807) is 12.1 Å². The van der Waals surface area contributed by atoms with Crippen molar-refractivity contribution in [1.29, 1.82) is 0 Å². The molecule has 2 rings (SSSR count). The number of benzene rings is 1. The van der Waals surface area contributed by atoms with Crippen molar-refractivity contribution >= 4 is 15.9 Å². The molecule has 1 aliphatic carbocycles. The van der Waals surface area contributed by atoms with Crippen molar-refractivity contribution in [3.8, 4) is 0 Å². The Morgan fingerprint density at radius 3 is 2.75 bits per heavy atom. The quantitative estimate of drug-likeness (QED) is 0.643. The zero-order valence-electron chi connectivity index (χ0n) is 6.28. The van der Waals surface area contributed by atoms with Gasteiger partial charge < -0.3 is 0 Å². The molecule has 0 aromatic heterocycles. The van der Waals surface area contributed by atoms with Crippen molar-refractivity contribution in [3.63, 3.8) is 0 Å². The summed E-state index contributed by atoms with van der Waals surface area (Å²) in [5.41, 5.74) is 0.958. The van der Waals surface area contributed by atoms with E-state index >= 15 is 0 Å². The average Bonchev–Trinajstić information content (AvgIpc) is 2.30. The van der Waals surface area contributed by atoms with Gasteiger partial charge in [0.25, 0.3) is 5.92 Å². The van der Waals surface area contributed by atoms with Crippen LogP contribution in [0.5, 0.6) is 0 Å². The van der Waals surface area contributed by atoms with Crippen LogP contribution in [0.4, 0.5) is 8.78 Å².